The molecule has 0 amide bonds. The summed E-state index contributed by atoms with van der Waals surface area (Å²) in [5.41, 5.74) is 0.499. The van der Waals surface area contributed by atoms with Gasteiger partial charge in [-0.05, 0) is 50.8 Å². The molecule has 0 fully saturated rings. The van der Waals surface area contributed by atoms with E-state index in [-0.39, 0.29) is 11.8 Å². The molecule has 0 unspecified atom stereocenters. The lowest BCUT2D eigenvalue weighted by atomic mass is 9.89. The van der Waals surface area contributed by atoms with Crippen molar-refractivity contribution in [2.24, 2.45) is 5.41 Å². The SMILES string of the molecule is CC(C)(C#N)CCCCOc1ccc(CC(=O)O)cc1. The van der Waals surface area contributed by atoms with Gasteiger partial charge in [-0.1, -0.05) is 12.1 Å². The lowest BCUT2D eigenvalue weighted by molar-refractivity contribution is -0.136. The molecule has 1 rings (SSSR count). The molecule has 4 heteroatoms. The van der Waals surface area contributed by atoms with Gasteiger partial charge in [-0.15, -0.1) is 0 Å². The molecule has 1 N–H and O–H groups in total. The number of carboxylic acids is 1. The van der Waals surface area contributed by atoms with Crippen molar-refractivity contribution in [3.63, 3.8) is 0 Å². The highest BCUT2D eigenvalue weighted by Crippen LogP contribution is 2.21. The predicted molar refractivity (Wildman–Crippen MR) is 76.5 cm³/mol. The van der Waals surface area contributed by atoms with Crippen LogP contribution >= 0.6 is 0 Å². The van der Waals surface area contributed by atoms with Crippen molar-refractivity contribution in [3.8, 4) is 11.8 Å². The van der Waals surface area contributed by atoms with Crippen LogP contribution in [-0.4, -0.2) is 17.7 Å². The Morgan fingerprint density at radius 1 is 1.30 bits per heavy atom. The Morgan fingerprint density at radius 2 is 1.95 bits per heavy atom. The van der Waals surface area contributed by atoms with Crippen molar-refractivity contribution in [1.29, 1.82) is 5.26 Å². The third-order valence-corrected chi connectivity index (χ3v) is 3.05. The molecule has 0 atom stereocenters. The molecule has 0 aromatic heterocycles. The van der Waals surface area contributed by atoms with Crippen LogP contribution in [0.1, 0.15) is 38.7 Å². The molecule has 0 saturated heterocycles. The van der Waals surface area contributed by atoms with Crippen molar-refractivity contribution in [2.45, 2.75) is 39.5 Å². The van der Waals surface area contributed by atoms with Crippen molar-refractivity contribution in [2.75, 3.05) is 6.61 Å². The summed E-state index contributed by atoms with van der Waals surface area (Å²) in [6.45, 7) is 4.49. The van der Waals surface area contributed by atoms with Crippen LogP contribution in [0.4, 0.5) is 0 Å². The Balaban J connectivity index is 2.26. The molecule has 20 heavy (non-hydrogen) atoms. The summed E-state index contributed by atoms with van der Waals surface area (Å²) < 4.78 is 5.58. The lowest BCUT2D eigenvalue weighted by Gasteiger charge is -2.14. The van der Waals surface area contributed by atoms with Crippen molar-refractivity contribution < 1.29 is 14.6 Å². The fraction of sp³-hybridized carbons (Fsp3) is 0.500. The molecule has 0 radical (unpaired) electrons. The molecule has 1 aromatic carbocycles. The molecule has 0 heterocycles. The fourth-order valence-electron chi connectivity index (χ4n) is 1.79. The first-order chi connectivity index (χ1) is 9.43. The predicted octanol–water partition coefficient (Wildman–Crippen LogP) is 3.41. The number of nitrogens with zero attached hydrogens (tertiary/aromatic N) is 1. The van der Waals surface area contributed by atoms with Crippen LogP contribution in [0.3, 0.4) is 0 Å². The Bertz CT molecular complexity index is 471. The highest BCUT2D eigenvalue weighted by atomic mass is 16.5. The third kappa shape index (κ3) is 6.24. The Hall–Kier alpha value is -2.02. The standard InChI is InChI=1S/C16H21NO3/c1-16(2,12-17)9-3-4-10-20-14-7-5-13(6-8-14)11-15(18)19/h5-8H,3-4,9-11H2,1-2H3,(H,18,19). The van der Waals surface area contributed by atoms with Crippen LogP contribution in [0.25, 0.3) is 0 Å². The first-order valence-electron chi connectivity index (χ1n) is 6.78. The summed E-state index contributed by atoms with van der Waals surface area (Å²) in [4.78, 5) is 10.5. The molecular weight excluding hydrogens is 254 g/mol. The summed E-state index contributed by atoms with van der Waals surface area (Å²) in [6, 6.07) is 9.39. The largest absolute Gasteiger partial charge is 0.494 e. The normalized spacial score (nSPS) is 10.8. The maximum Gasteiger partial charge on any atom is 0.307 e. The van der Waals surface area contributed by atoms with E-state index in [1.807, 2.05) is 13.8 Å². The smallest absolute Gasteiger partial charge is 0.307 e. The molecule has 0 aliphatic carbocycles. The van der Waals surface area contributed by atoms with Crippen LogP contribution in [-0.2, 0) is 11.2 Å². The van der Waals surface area contributed by atoms with Gasteiger partial charge in [-0.3, -0.25) is 4.79 Å². The minimum atomic E-state index is -0.834. The van der Waals surface area contributed by atoms with E-state index in [9.17, 15) is 4.79 Å². The van der Waals surface area contributed by atoms with Gasteiger partial charge < -0.3 is 9.84 Å². The minimum Gasteiger partial charge on any atom is -0.494 e. The van der Waals surface area contributed by atoms with Crippen molar-refractivity contribution in [3.05, 3.63) is 29.8 Å². The average Bonchev–Trinajstić information content (AvgIpc) is 2.39. The molecule has 0 spiro atoms. The zero-order valence-corrected chi connectivity index (χ0v) is 12.1. The van der Waals surface area contributed by atoms with E-state index < -0.39 is 5.97 Å². The van der Waals surface area contributed by atoms with Gasteiger partial charge in [-0.2, -0.15) is 5.26 Å². The van der Waals surface area contributed by atoms with Gasteiger partial charge in [0.2, 0.25) is 0 Å². The summed E-state index contributed by atoms with van der Waals surface area (Å²) >= 11 is 0. The van der Waals surface area contributed by atoms with E-state index in [0.717, 1.165) is 30.6 Å². The van der Waals surface area contributed by atoms with Gasteiger partial charge in [0.15, 0.2) is 0 Å². The summed E-state index contributed by atoms with van der Waals surface area (Å²) in [5, 5.41) is 17.6. The Morgan fingerprint density at radius 3 is 2.50 bits per heavy atom. The third-order valence-electron chi connectivity index (χ3n) is 3.05. The average molecular weight is 275 g/mol. The molecule has 0 saturated carbocycles. The van der Waals surface area contributed by atoms with Crippen LogP contribution in [0.15, 0.2) is 24.3 Å². The van der Waals surface area contributed by atoms with E-state index >= 15 is 0 Å². The maximum atomic E-state index is 10.5. The van der Waals surface area contributed by atoms with Gasteiger partial charge in [-0.25, -0.2) is 0 Å². The maximum absolute atomic E-state index is 10.5. The van der Waals surface area contributed by atoms with Crippen molar-refractivity contribution >= 4 is 5.97 Å². The second kappa shape index (κ2) is 7.54. The van der Waals surface area contributed by atoms with E-state index in [0.29, 0.717) is 6.61 Å². The molecule has 4 nitrogen and oxygen atoms in total. The first kappa shape index (κ1) is 16.0. The van der Waals surface area contributed by atoms with E-state index in [1.165, 1.54) is 0 Å². The van der Waals surface area contributed by atoms with Crippen LogP contribution in [0.2, 0.25) is 0 Å². The quantitative estimate of drug-likeness (QED) is 0.738. The van der Waals surface area contributed by atoms with Gasteiger partial charge in [0.05, 0.1) is 24.5 Å². The number of nitriles is 1. The number of carbonyl (C=O) groups is 1. The number of benzene rings is 1. The lowest BCUT2D eigenvalue weighted by Crippen LogP contribution is -2.08. The van der Waals surface area contributed by atoms with E-state index in [1.54, 1.807) is 24.3 Å². The monoisotopic (exact) mass is 275 g/mol. The van der Waals surface area contributed by atoms with Gasteiger partial charge in [0, 0.05) is 0 Å². The molecule has 0 bridgehead atoms. The highest BCUT2D eigenvalue weighted by Gasteiger charge is 2.15. The minimum absolute atomic E-state index is 0.0313. The zero-order valence-electron chi connectivity index (χ0n) is 12.1. The van der Waals surface area contributed by atoms with Crippen molar-refractivity contribution in [1.82, 2.24) is 0 Å². The Kier molecular flexibility index (Phi) is 6.05. The summed E-state index contributed by atoms with van der Waals surface area (Å²) in [6.07, 6.45) is 2.76. The number of unbranched alkanes of at least 4 members (excludes halogenated alkanes) is 1. The number of hydrogen-bond donors (Lipinski definition) is 1. The number of aliphatic carboxylic acids is 1. The van der Waals surface area contributed by atoms with E-state index in [4.69, 9.17) is 15.1 Å². The Labute approximate surface area is 120 Å². The van der Waals surface area contributed by atoms with Gasteiger partial charge in [0.25, 0.3) is 0 Å². The van der Waals surface area contributed by atoms with Crippen LogP contribution in [0, 0.1) is 16.7 Å². The fourth-order valence-corrected chi connectivity index (χ4v) is 1.79. The second-order valence-corrected chi connectivity index (χ2v) is 5.52. The zero-order chi connectivity index (χ0) is 15.0. The van der Waals surface area contributed by atoms with Crippen LogP contribution < -0.4 is 4.74 Å². The molecule has 0 aliphatic heterocycles. The second-order valence-electron chi connectivity index (χ2n) is 5.52. The number of ether oxygens (including phenoxy) is 1. The summed E-state index contributed by atoms with van der Waals surface area (Å²) in [7, 11) is 0. The topological polar surface area (TPSA) is 70.3 Å². The van der Waals surface area contributed by atoms with Gasteiger partial charge in [0.1, 0.15) is 5.75 Å². The number of carboxylic acid groups (broad SMARTS) is 1. The number of hydrogen-bond acceptors (Lipinski definition) is 3. The summed E-state index contributed by atoms with van der Waals surface area (Å²) in [5.74, 6) is -0.0857. The molecular formula is C16H21NO3. The highest BCUT2D eigenvalue weighted by molar-refractivity contribution is 5.70. The molecule has 1 aromatic rings. The van der Waals surface area contributed by atoms with Gasteiger partial charge >= 0.3 is 5.97 Å². The molecule has 0 aliphatic rings. The van der Waals surface area contributed by atoms with Crippen LogP contribution in [0.5, 0.6) is 5.75 Å². The number of rotatable bonds is 8. The first-order valence-corrected chi connectivity index (χ1v) is 6.78. The van der Waals surface area contributed by atoms with E-state index in [2.05, 4.69) is 6.07 Å². The molecule has 108 valence electrons.